The molecule has 0 radical (unpaired) electrons. The topological polar surface area (TPSA) is 56.7 Å². The number of carbonyl (C=O) groups excluding carboxylic acids is 1. The van der Waals surface area contributed by atoms with Crippen LogP contribution in [0.4, 0.5) is 8.78 Å². The van der Waals surface area contributed by atoms with Crippen LogP contribution < -0.4 is 0 Å². The molecule has 1 aliphatic rings. The third kappa shape index (κ3) is 4.23. The van der Waals surface area contributed by atoms with Crippen LogP contribution in [-0.2, 0) is 11.3 Å². The lowest BCUT2D eigenvalue weighted by molar-refractivity contribution is -0.140. The van der Waals surface area contributed by atoms with Gasteiger partial charge < -0.3 is 10.0 Å². The molecule has 0 saturated carbocycles. The van der Waals surface area contributed by atoms with E-state index in [1.165, 1.54) is 17.0 Å². The van der Waals surface area contributed by atoms with Gasteiger partial charge in [-0.2, -0.15) is 0 Å². The second-order valence-corrected chi connectivity index (χ2v) is 6.32. The number of amides is 1. The van der Waals surface area contributed by atoms with E-state index in [1.807, 2.05) is 18.2 Å². The van der Waals surface area contributed by atoms with Crippen molar-refractivity contribution in [1.29, 1.82) is 0 Å². The van der Waals surface area contributed by atoms with Gasteiger partial charge in [0.05, 0.1) is 5.69 Å². The highest BCUT2D eigenvalue weighted by Crippen LogP contribution is 2.22. The summed E-state index contributed by atoms with van der Waals surface area (Å²) in [6.07, 6.45) is 0.775. The molecule has 1 aromatic carbocycles. The third-order valence-electron chi connectivity index (χ3n) is 4.52. The van der Waals surface area contributed by atoms with Crippen LogP contribution in [0, 0.1) is 11.6 Å². The Morgan fingerprint density at radius 1 is 1.12 bits per heavy atom. The molecule has 3 rings (SSSR count). The minimum absolute atomic E-state index is 0.329. The van der Waals surface area contributed by atoms with Crippen molar-refractivity contribution in [1.82, 2.24) is 14.8 Å². The zero-order chi connectivity index (χ0) is 18.5. The number of hydrogen-bond donors (Lipinski definition) is 1. The van der Waals surface area contributed by atoms with Gasteiger partial charge in [0.25, 0.3) is 5.91 Å². The average molecular weight is 361 g/mol. The number of pyridine rings is 1. The first-order chi connectivity index (χ1) is 12.6. The summed E-state index contributed by atoms with van der Waals surface area (Å²) in [6, 6.07) is 9.20. The van der Waals surface area contributed by atoms with E-state index in [9.17, 15) is 18.7 Å². The van der Waals surface area contributed by atoms with Gasteiger partial charge in [0, 0.05) is 44.5 Å². The van der Waals surface area contributed by atoms with Crippen molar-refractivity contribution in [3.63, 3.8) is 0 Å². The molecule has 0 aliphatic carbocycles. The number of aliphatic hydroxyl groups is 1. The molecule has 1 aliphatic heterocycles. The Hall–Kier alpha value is -2.38. The van der Waals surface area contributed by atoms with Crippen LogP contribution in [0.2, 0.25) is 0 Å². The Bertz CT molecular complexity index is 758. The molecule has 1 fully saturated rings. The van der Waals surface area contributed by atoms with Crippen molar-refractivity contribution < 1.29 is 18.7 Å². The Labute approximate surface area is 150 Å². The minimum Gasteiger partial charge on any atom is -0.378 e. The van der Waals surface area contributed by atoms with Gasteiger partial charge in [-0.15, -0.1) is 0 Å². The Morgan fingerprint density at radius 2 is 1.96 bits per heavy atom. The van der Waals surface area contributed by atoms with Crippen molar-refractivity contribution >= 4 is 5.91 Å². The first kappa shape index (κ1) is 18.4. The fourth-order valence-electron chi connectivity index (χ4n) is 3.11. The number of aromatic nitrogens is 1. The molecule has 1 amide bonds. The predicted molar refractivity (Wildman–Crippen MR) is 92.0 cm³/mol. The first-order valence-electron chi connectivity index (χ1n) is 8.59. The van der Waals surface area contributed by atoms with E-state index in [2.05, 4.69) is 9.88 Å². The monoisotopic (exact) mass is 361 g/mol. The maximum absolute atomic E-state index is 13.8. The van der Waals surface area contributed by atoms with Crippen molar-refractivity contribution in [2.75, 3.05) is 26.2 Å². The molecular formula is C19H21F2N3O2. The molecule has 2 heterocycles. The van der Waals surface area contributed by atoms with Crippen LogP contribution in [0.25, 0.3) is 0 Å². The molecule has 1 saturated heterocycles. The largest absolute Gasteiger partial charge is 0.378 e. The number of aliphatic hydroxyl groups excluding tert-OH is 1. The summed E-state index contributed by atoms with van der Waals surface area (Å²) in [5.41, 5.74) is 0.624. The Balaban J connectivity index is 1.63. The Kier molecular flexibility index (Phi) is 5.90. The van der Waals surface area contributed by atoms with Crippen LogP contribution in [0.3, 0.4) is 0 Å². The molecule has 7 heteroatoms. The summed E-state index contributed by atoms with van der Waals surface area (Å²) in [5, 5.41) is 10.2. The maximum Gasteiger partial charge on any atom is 0.256 e. The lowest BCUT2D eigenvalue weighted by Crippen LogP contribution is -2.38. The summed E-state index contributed by atoms with van der Waals surface area (Å²) < 4.78 is 27.2. The molecule has 5 nitrogen and oxygen atoms in total. The highest BCUT2D eigenvalue weighted by atomic mass is 19.2. The second kappa shape index (κ2) is 8.33. The van der Waals surface area contributed by atoms with E-state index < -0.39 is 23.6 Å². The summed E-state index contributed by atoms with van der Waals surface area (Å²) in [5.74, 6) is -2.86. The number of halogens is 2. The SMILES string of the molecule is O=C(C(O)c1cccc(F)c1F)N1CCCN(Cc2ccccn2)CC1. The number of nitrogens with zero attached hydrogens (tertiary/aromatic N) is 3. The molecule has 1 atom stereocenters. The molecule has 0 bridgehead atoms. The molecule has 26 heavy (non-hydrogen) atoms. The zero-order valence-electron chi connectivity index (χ0n) is 14.3. The van der Waals surface area contributed by atoms with Gasteiger partial charge in [0.15, 0.2) is 17.7 Å². The van der Waals surface area contributed by atoms with E-state index in [0.717, 1.165) is 24.7 Å². The average Bonchev–Trinajstić information content (AvgIpc) is 2.89. The van der Waals surface area contributed by atoms with Crippen LogP contribution in [0.1, 0.15) is 23.8 Å². The first-order valence-corrected chi connectivity index (χ1v) is 8.59. The van der Waals surface area contributed by atoms with Crippen LogP contribution in [0.15, 0.2) is 42.6 Å². The van der Waals surface area contributed by atoms with Crippen LogP contribution in [-0.4, -0.2) is 52.0 Å². The molecule has 1 aromatic heterocycles. The third-order valence-corrected chi connectivity index (χ3v) is 4.52. The van der Waals surface area contributed by atoms with Crippen molar-refractivity contribution in [2.45, 2.75) is 19.1 Å². The van der Waals surface area contributed by atoms with Gasteiger partial charge in [0.2, 0.25) is 0 Å². The fraction of sp³-hybridized carbons (Fsp3) is 0.368. The molecule has 1 unspecified atom stereocenters. The van der Waals surface area contributed by atoms with E-state index in [4.69, 9.17) is 0 Å². The van der Waals surface area contributed by atoms with Gasteiger partial charge in [-0.25, -0.2) is 8.78 Å². The smallest absolute Gasteiger partial charge is 0.256 e. The molecule has 1 N–H and O–H groups in total. The lowest BCUT2D eigenvalue weighted by atomic mass is 10.1. The summed E-state index contributed by atoms with van der Waals surface area (Å²) in [7, 11) is 0. The second-order valence-electron chi connectivity index (χ2n) is 6.32. The van der Waals surface area contributed by atoms with Crippen LogP contribution >= 0.6 is 0 Å². The van der Waals surface area contributed by atoms with Gasteiger partial charge >= 0.3 is 0 Å². The molecule has 0 spiro atoms. The molecule has 2 aromatic rings. The predicted octanol–water partition coefficient (Wildman–Crippen LogP) is 2.13. The number of hydrogen-bond acceptors (Lipinski definition) is 4. The number of carbonyl (C=O) groups is 1. The maximum atomic E-state index is 13.8. The van der Waals surface area contributed by atoms with E-state index in [0.29, 0.717) is 26.2 Å². The standard InChI is InChI=1S/C19H21F2N3O2/c20-16-7-3-6-15(17(16)21)18(25)19(26)24-10-4-9-23(11-12-24)13-14-5-1-2-8-22-14/h1-3,5-8,18,25H,4,9-13H2. The highest BCUT2D eigenvalue weighted by molar-refractivity contribution is 5.82. The van der Waals surface area contributed by atoms with E-state index in [-0.39, 0.29) is 5.56 Å². The Morgan fingerprint density at radius 3 is 2.73 bits per heavy atom. The summed E-state index contributed by atoms with van der Waals surface area (Å²) in [6.45, 7) is 2.99. The van der Waals surface area contributed by atoms with Crippen molar-refractivity contribution in [3.05, 3.63) is 65.5 Å². The lowest BCUT2D eigenvalue weighted by Gasteiger charge is -2.24. The minimum atomic E-state index is -1.70. The molecule has 138 valence electrons. The summed E-state index contributed by atoms with van der Waals surface area (Å²) >= 11 is 0. The van der Waals surface area contributed by atoms with Crippen LogP contribution in [0.5, 0.6) is 0 Å². The zero-order valence-corrected chi connectivity index (χ0v) is 14.3. The van der Waals surface area contributed by atoms with E-state index >= 15 is 0 Å². The number of rotatable bonds is 4. The van der Waals surface area contributed by atoms with Gasteiger partial charge in [-0.3, -0.25) is 14.7 Å². The van der Waals surface area contributed by atoms with Gasteiger partial charge in [-0.05, 0) is 24.6 Å². The summed E-state index contributed by atoms with van der Waals surface area (Å²) in [4.78, 5) is 20.5. The highest BCUT2D eigenvalue weighted by Gasteiger charge is 2.28. The van der Waals surface area contributed by atoms with Gasteiger partial charge in [0.1, 0.15) is 0 Å². The van der Waals surface area contributed by atoms with Crippen molar-refractivity contribution in [3.8, 4) is 0 Å². The van der Waals surface area contributed by atoms with E-state index in [1.54, 1.807) is 6.20 Å². The number of benzene rings is 1. The quantitative estimate of drug-likeness (QED) is 0.906. The normalized spacial score (nSPS) is 17.0. The van der Waals surface area contributed by atoms with Gasteiger partial charge in [-0.1, -0.05) is 18.2 Å². The van der Waals surface area contributed by atoms with Crippen molar-refractivity contribution in [2.24, 2.45) is 0 Å². The fourth-order valence-corrected chi connectivity index (χ4v) is 3.11. The molecular weight excluding hydrogens is 340 g/mol.